The molecule has 2 atom stereocenters. The Morgan fingerprint density at radius 1 is 1.37 bits per heavy atom. The molecule has 1 heterocycles. The molecule has 2 rings (SSSR count). The van der Waals surface area contributed by atoms with Gasteiger partial charge in [0.05, 0.1) is 12.7 Å². The number of hydrogen-bond acceptors (Lipinski definition) is 3. The van der Waals surface area contributed by atoms with Crippen molar-refractivity contribution < 1.29 is 4.74 Å². The standard InChI is InChI=1S/C16H26N2O/c1-2-18-11-12-19-16(13-18)15(17)10-6-9-14-7-4-3-5-8-14/h3-5,7-8,15-16H,2,6,9-13,17H2,1H3. The Morgan fingerprint density at radius 2 is 2.16 bits per heavy atom. The summed E-state index contributed by atoms with van der Waals surface area (Å²) < 4.78 is 5.81. The maximum absolute atomic E-state index is 6.28. The molecule has 3 nitrogen and oxygen atoms in total. The van der Waals surface area contributed by atoms with E-state index in [4.69, 9.17) is 10.5 Å². The van der Waals surface area contributed by atoms with Crippen molar-refractivity contribution in [3.8, 4) is 0 Å². The second-order valence-corrected chi connectivity index (χ2v) is 5.34. The van der Waals surface area contributed by atoms with Gasteiger partial charge >= 0.3 is 0 Å². The number of benzene rings is 1. The average molecular weight is 262 g/mol. The Labute approximate surface area is 116 Å². The van der Waals surface area contributed by atoms with Crippen LogP contribution in [0.4, 0.5) is 0 Å². The van der Waals surface area contributed by atoms with Crippen LogP contribution in [0.15, 0.2) is 30.3 Å². The number of morpholine rings is 1. The van der Waals surface area contributed by atoms with Gasteiger partial charge in [0, 0.05) is 19.1 Å². The quantitative estimate of drug-likeness (QED) is 0.853. The Kier molecular flexibility index (Phi) is 5.83. The molecule has 1 saturated heterocycles. The van der Waals surface area contributed by atoms with Crippen LogP contribution in [0, 0.1) is 0 Å². The fourth-order valence-corrected chi connectivity index (χ4v) is 2.65. The maximum atomic E-state index is 6.28. The van der Waals surface area contributed by atoms with Gasteiger partial charge in [-0.3, -0.25) is 4.90 Å². The lowest BCUT2D eigenvalue weighted by molar-refractivity contribution is -0.0400. The summed E-state index contributed by atoms with van der Waals surface area (Å²) in [6.07, 6.45) is 3.50. The topological polar surface area (TPSA) is 38.5 Å². The van der Waals surface area contributed by atoms with Crippen molar-refractivity contribution in [3.05, 3.63) is 35.9 Å². The molecule has 0 bridgehead atoms. The van der Waals surface area contributed by atoms with E-state index in [9.17, 15) is 0 Å². The van der Waals surface area contributed by atoms with E-state index in [0.29, 0.717) is 0 Å². The van der Waals surface area contributed by atoms with E-state index in [0.717, 1.165) is 45.5 Å². The van der Waals surface area contributed by atoms with Crippen LogP contribution in [0.1, 0.15) is 25.3 Å². The largest absolute Gasteiger partial charge is 0.374 e. The second-order valence-electron chi connectivity index (χ2n) is 5.34. The van der Waals surface area contributed by atoms with E-state index < -0.39 is 0 Å². The highest BCUT2D eigenvalue weighted by atomic mass is 16.5. The molecule has 19 heavy (non-hydrogen) atoms. The summed E-state index contributed by atoms with van der Waals surface area (Å²) in [7, 11) is 0. The highest BCUT2D eigenvalue weighted by Gasteiger charge is 2.24. The zero-order valence-electron chi connectivity index (χ0n) is 11.9. The predicted molar refractivity (Wildman–Crippen MR) is 79.2 cm³/mol. The van der Waals surface area contributed by atoms with Crippen LogP contribution in [0.2, 0.25) is 0 Å². The summed E-state index contributed by atoms with van der Waals surface area (Å²) in [5, 5.41) is 0. The van der Waals surface area contributed by atoms with Gasteiger partial charge in [0.25, 0.3) is 0 Å². The highest BCUT2D eigenvalue weighted by molar-refractivity contribution is 5.14. The monoisotopic (exact) mass is 262 g/mol. The third kappa shape index (κ3) is 4.60. The van der Waals surface area contributed by atoms with Crippen LogP contribution in [-0.4, -0.2) is 43.3 Å². The van der Waals surface area contributed by atoms with E-state index in [2.05, 4.69) is 42.2 Å². The molecule has 1 aromatic rings. The lowest BCUT2D eigenvalue weighted by Crippen LogP contribution is -2.50. The Balaban J connectivity index is 1.70. The number of ether oxygens (including phenoxy) is 1. The molecule has 0 spiro atoms. The van der Waals surface area contributed by atoms with E-state index in [1.807, 2.05) is 0 Å². The fourth-order valence-electron chi connectivity index (χ4n) is 2.65. The third-order valence-corrected chi connectivity index (χ3v) is 3.95. The summed E-state index contributed by atoms with van der Waals surface area (Å²) in [6.45, 7) is 6.15. The molecular weight excluding hydrogens is 236 g/mol. The van der Waals surface area contributed by atoms with Gasteiger partial charge in [0.2, 0.25) is 0 Å². The van der Waals surface area contributed by atoms with Gasteiger partial charge < -0.3 is 10.5 Å². The molecule has 0 aliphatic carbocycles. The van der Waals surface area contributed by atoms with E-state index in [1.54, 1.807) is 0 Å². The van der Waals surface area contributed by atoms with Gasteiger partial charge in [-0.25, -0.2) is 0 Å². The smallest absolute Gasteiger partial charge is 0.0853 e. The second kappa shape index (κ2) is 7.63. The third-order valence-electron chi connectivity index (χ3n) is 3.95. The molecule has 106 valence electrons. The molecule has 0 amide bonds. The van der Waals surface area contributed by atoms with E-state index in [-0.39, 0.29) is 12.1 Å². The fraction of sp³-hybridized carbons (Fsp3) is 0.625. The molecule has 2 unspecified atom stereocenters. The van der Waals surface area contributed by atoms with Crippen LogP contribution in [-0.2, 0) is 11.2 Å². The number of hydrogen-bond donors (Lipinski definition) is 1. The van der Waals surface area contributed by atoms with Crippen molar-refractivity contribution in [3.63, 3.8) is 0 Å². The summed E-state index contributed by atoms with van der Waals surface area (Å²) in [5.41, 5.74) is 7.68. The number of rotatable bonds is 6. The van der Waals surface area contributed by atoms with Crippen LogP contribution >= 0.6 is 0 Å². The molecule has 0 radical (unpaired) electrons. The Hall–Kier alpha value is -0.900. The number of likely N-dealkylation sites (N-methyl/N-ethyl adjacent to an activating group) is 1. The predicted octanol–water partition coefficient (Wildman–Crippen LogP) is 2.06. The molecule has 1 aliphatic rings. The minimum absolute atomic E-state index is 0.165. The zero-order chi connectivity index (χ0) is 13.5. The first-order valence-corrected chi connectivity index (χ1v) is 7.43. The molecule has 1 aliphatic heterocycles. The van der Waals surface area contributed by atoms with E-state index >= 15 is 0 Å². The SMILES string of the molecule is CCN1CCOC(C(N)CCCc2ccccc2)C1. The first-order valence-electron chi connectivity index (χ1n) is 7.43. The number of nitrogens with two attached hydrogens (primary N) is 1. The Morgan fingerprint density at radius 3 is 2.89 bits per heavy atom. The number of aryl methyl sites for hydroxylation is 1. The van der Waals surface area contributed by atoms with Crippen molar-refractivity contribution in [2.24, 2.45) is 5.73 Å². The molecule has 2 N–H and O–H groups in total. The highest BCUT2D eigenvalue weighted by Crippen LogP contribution is 2.13. The summed E-state index contributed by atoms with van der Waals surface area (Å²) in [4.78, 5) is 2.42. The van der Waals surface area contributed by atoms with Crippen molar-refractivity contribution in [2.45, 2.75) is 38.3 Å². The minimum Gasteiger partial charge on any atom is -0.374 e. The molecule has 1 aromatic carbocycles. The first-order chi connectivity index (χ1) is 9.29. The van der Waals surface area contributed by atoms with Crippen LogP contribution in [0.25, 0.3) is 0 Å². The normalized spacial score (nSPS) is 22.3. The van der Waals surface area contributed by atoms with Crippen molar-refractivity contribution in [1.29, 1.82) is 0 Å². The molecular formula is C16H26N2O. The lowest BCUT2D eigenvalue weighted by atomic mass is 10.0. The molecule has 0 aromatic heterocycles. The van der Waals surface area contributed by atoms with Crippen LogP contribution in [0.5, 0.6) is 0 Å². The lowest BCUT2D eigenvalue weighted by Gasteiger charge is -2.35. The maximum Gasteiger partial charge on any atom is 0.0853 e. The average Bonchev–Trinajstić information content (AvgIpc) is 2.48. The van der Waals surface area contributed by atoms with Gasteiger partial charge in [0.15, 0.2) is 0 Å². The van der Waals surface area contributed by atoms with Gasteiger partial charge in [0.1, 0.15) is 0 Å². The summed E-state index contributed by atoms with van der Waals surface area (Å²) in [6, 6.07) is 10.8. The number of nitrogens with zero attached hydrogens (tertiary/aromatic N) is 1. The van der Waals surface area contributed by atoms with Gasteiger partial charge in [-0.1, -0.05) is 37.3 Å². The molecule has 3 heteroatoms. The van der Waals surface area contributed by atoms with Crippen LogP contribution in [0.3, 0.4) is 0 Å². The first kappa shape index (κ1) is 14.5. The molecule has 1 fully saturated rings. The van der Waals surface area contributed by atoms with Crippen LogP contribution < -0.4 is 5.73 Å². The molecule has 0 saturated carbocycles. The van der Waals surface area contributed by atoms with Gasteiger partial charge in [-0.05, 0) is 31.4 Å². The van der Waals surface area contributed by atoms with Gasteiger partial charge in [-0.2, -0.15) is 0 Å². The van der Waals surface area contributed by atoms with Gasteiger partial charge in [-0.15, -0.1) is 0 Å². The summed E-state index contributed by atoms with van der Waals surface area (Å²) in [5.74, 6) is 0. The van der Waals surface area contributed by atoms with E-state index in [1.165, 1.54) is 5.56 Å². The van der Waals surface area contributed by atoms with Crippen molar-refractivity contribution in [2.75, 3.05) is 26.2 Å². The summed E-state index contributed by atoms with van der Waals surface area (Å²) >= 11 is 0. The Bertz CT molecular complexity index is 355. The zero-order valence-corrected chi connectivity index (χ0v) is 11.9. The van der Waals surface area contributed by atoms with Crippen molar-refractivity contribution >= 4 is 0 Å². The minimum atomic E-state index is 0.165. The van der Waals surface area contributed by atoms with Crippen molar-refractivity contribution in [1.82, 2.24) is 4.90 Å².